The SMILES string of the molecule is OCCN1CCN(c2nc(NCCCCc3c[nH]c4ccccc34)nc(N3CCc4nc[nH]c4C3)n2)CC1. The van der Waals surface area contributed by atoms with Crippen molar-refractivity contribution in [2.24, 2.45) is 0 Å². The zero-order chi connectivity index (χ0) is 25.7. The van der Waals surface area contributed by atoms with Gasteiger partial charge in [0.2, 0.25) is 17.8 Å². The van der Waals surface area contributed by atoms with E-state index in [9.17, 15) is 5.11 Å². The Bertz CT molecular complexity index is 1340. The number of rotatable bonds is 10. The molecule has 0 saturated carbocycles. The van der Waals surface area contributed by atoms with Crippen molar-refractivity contribution >= 4 is 28.7 Å². The van der Waals surface area contributed by atoms with Gasteiger partial charge in [-0.05, 0) is 30.9 Å². The van der Waals surface area contributed by atoms with Gasteiger partial charge in [-0.2, -0.15) is 15.0 Å². The van der Waals surface area contributed by atoms with E-state index in [0.29, 0.717) is 25.0 Å². The first kappa shape index (κ1) is 24.6. The van der Waals surface area contributed by atoms with Crippen LogP contribution in [0.15, 0.2) is 36.8 Å². The van der Waals surface area contributed by atoms with E-state index in [1.165, 1.54) is 16.5 Å². The van der Waals surface area contributed by atoms with Gasteiger partial charge in [0, 0.05) is 69.3 Å². The molecular weight excluding hydrogens is 480 g/mol. The average molecular weight is 517 g/mol. The number of aliphatic hydroxyl groups excluding tert-OH is 1. The Labute approximate surface area is 222 Å². The van der Waals surface area contributed by atoms with Crippen LogP contribution in [0.3, 0.4) is 0 Å². The fraction of sp³-hybridized carbons (Fsp3) is 0.481. The van der Waals surface area contributed by atoms with Gasteiger partial charge < -0.3 is 30.2 Å². The Morgan fingerprint density at radius 3 is 2.63 bits per heavy atom. The zero-order valence-corrected chi connectivity index (χ0v) is 21.7. The molecule has 1 saturated heterocycles. The lowest BCUT2D eigenvalue weighted by Crippen LogP contribution is -2.48. The Morgan fingerprint density at radius 2 is 1.76 bits per heavy atom. The van der Waals surface area contributed by atoms with Crippen LogP contribution in [0.1, 0.15) is 29.8 Å². The summed E-state index contributed by atoms with van der Waals surface area (Å²) in [5.74, 6) is 2.05. The quantitative estimate of drug-likeness (QED) is 0.235. The first-order valence-corrected chi connectivity index (χ1v) is 13.7. The summed E-state index contributed by atoms with van der Waals surface area (Å²) in [4.78, 5) is 32.3. The van der Waals surface area contributed by atoms with Gasteiger partial charge >= 0.3 is 0 Å². The number of aryl methyl sites for hydroxylation is 1. The van der Waals surface area contributed by atoms with Gasteiger partial charge in [0.15, 0.2) is 0 Å². The topological polar surface area (TPSA) is 125 Å². The van der Waals surface area contributed by atoms with Crippen molar-refractivity contribution in [3.05, 3.63) is 53.7 Å². The number of aromatic nitrogens is 6. The van der Waals surface area contributed by atoms with Crippen LogP contribution in [-0.2, 0) is 19.4 Å². The lowest BCUT2D eigenvalue weighted by Gasteiger charge is -2.35. The van der Waals surface area contributed by atoms with E-state index in [0.717, 1.165) is 82.3 Å². The molecule has 5 heterocycles. The van der Waals surface area contributed by atoms with Gasteiger partial charge in [0.25, 0.3) is 0 Å². The third-order valence-electron chi connectivity index (χ3n) is 7.57. The van der Waals surface area contributed by atoms with Crippen molar-refractivity contribution in [2.75, 3.05) is 67.5 Å². The van der Waals surface area contributed by atoms with Crippen molar-refractivity contribution in [3.8, 4) is 0 Å². The monoisotopic (exact) mass is 516 g/mol. The molecule has 3 aromatic heterocycles. The first-order valence-electron chi connectivity index (χ1n) is 13.7. The van der Waals surface area contributed by atoms with Crippen molar-refractivity contribution in [1.29, 1.82) is 0 Å². The molecule has 1 fully saturated rings. The molecule has 2 aliphatic rings. The fourth-order valence-corrected chi connectivity index (χ4v) is 5.39. The second-order valence-corrected chi connectivity index (χ2v) is 10.1. The van der Waals surface area contributed by atoms with E-state index in [2.05, 4.69) is 65.4 Å². The fourth-order valence-electron chi connectivity index (χ4n) is 5.39. The van der Waals surface area contributed by atoms with Crippen molar-refractivity contribution in [1.82, 2.24) is 34.8 Å². The number of hydrogen-bond acceptors (Lipinski definition) is 9. The third kappa shape index (κ3) is 5.44. The Morgan fingerprint density at radius 1 is 0.921 bits per heavy atom. The molecule has 2 aliphatic heterocycles. The third-order valence-corrected chi connectivity index (χ3v) is 7.57. The van der Waals surface area contributed by atoms with Crippen LogP contribution in [0.2, 0.25) is 0 Å². The summed E-state index contributed by atoms with van der Waals surface area (Å²) in [6.07, 6.45) is 7.92. The molecule has 11 heteroatoms. The van der Waals surface area contributed by atoms with Gasteiger partial charge in [-0.3, -0.25) is 4.90 Å². The number of piperazine rings is 1. The highest BCUT2D eigenvalue weighted by molar-refractivity contribution is 5.83. The van der Waals surface area contributed by atoms with Crippen LogP contribution in [0.25, 0.3) is 10.9 Å². The molecule has 4 aromatic rings. The number of fused-ring (bicyclic) bond motifs is 2. The average Bonchev–Trinajstić information content (AvgIpc) is 3.60. The number of nitrogens with zero attached hydrogens (tertiary/aromatic N) is 7. The van der Waals surface area contributed by atoms with Crippen LogP contribution < -0.4 is 15.1 Å². The number of aliphatic hydroxyl groups is 1. The number of H-pyrrole nitrogens is 2. The number of β-amino-alcohol motifs (C(OH)–C–C–N with tert-alkyl or cyclic N) is 1. The van der Waals surface area contributed by atoms with Gasteiger partial charge in [-0.1, -0.05) is 18.2 Å². The smallest absolute Gasteiger partial charge is 0.232 e. The number of aromatic amines is 2. The summed E-state index contributed by atoms with van der Waals surface area (Å²) in [6.45, 7) is 6.69. The van der Waals surface area contributed by atoms with E-state index in [1.807, 2.05) is 0 Å². The number of para-hydroxylation sites is 1. The largest absolute Gasteiger partial charge is 0.395 e. The normalized spacial score (nSPS) is 16.2. The molecule has 0 spiro atoms. The maximum absolute atomic E-state index is 9.28. The predicted molar refractivity (Wildman–Crippen MR) is 149 cm³/mol. The Kier molecular flexibility index (Phi) is 7.36. The van der Waals surface area contributed by atoms with Crippen molar-refractivity contribution in [2.45, 2.75) is 32.2 Å². The highest BCUT2D eigenvalue weighted by Crippen LogP contribution is 2.24. The summed E-state index contributed by atoms with van der Waals surface area (Å²) in [5, 5.41) is 14.1. The van der Waals surface area contributed by atoms with E-state index < -0.39 is 0 Å². The number of unbranched alkanes of at least 4 members (excludes halogenated alkanes) is 1. The summed E-state index contributed by atoms with van der Waals surface area (Å²) in [5.41, 5.74) is 4.82. The minimum atomic E-state index is 0.189. The highest BCUT2D eigenvalue weighted by atomic mass is 16.3. The lowest BCUT2D eigenvalue weighted by atomic mass is 10.1. The van der Waals surface area contributed by atoms with Gasteiger partial charge in [0.1, 0.15) is 0 Å². The van der Waals surface area contributed by atoms with Gasteiger partial charge in [-0.25, -0.2) is 4.98 Å². The maximum atomic E-state index is 9.28. The van der Waals surface area contributed by atoms with E-state index >= 15 is 0 Å². The molecule has 0 radical (unpaired) electrons. The van der Waals surface area contributed by atoms with Gasteiger partial charge in [-0.15, -0.1) is 0 Å². The Balaban J connectivity index is 1.12. The molecule has 4 N–H and O–H groups in total. The predicted octanol–water partition coefficient (Wildman–Crippen LogP) is 2.19. The van der Waals surface area contributed by atoms with Crippen molar-refractivity contribution < 1.29 is 5.11 Å². The standard InChI is InChI=1S/C27H36N10O/c38-16-15-35-11-13-36(14-12-35)26-32-25(33-27(34-26)37-10-8-23-24(18-37)31-19-30-23)28-9-4-3-5-20-17-29-22-7-2-1-6-21(20)22/h1-2,6-7,17,19,29,38H,3-5,8-16,18H2,(H,30,31)(H,28,32,33,34). The van der Waals surface area contributed by atoms with E-state index in [1.54, 1.807) is 6.33 Å². The number of anilines is 3. The molecular formula is C27H36N10O. The molecule has 0 unspecified atom stereocenters. The molecule has 200 valence electrons. The minimum absolute atomic E-state index is 0.189. The molecule has 0 atom stereocenters. The zero-order valence-electron chi connectivity index (χ0n) is 21.7. The molecule has 0 aliphatic carbocycles. The van der Waals surface area contributed by atoms with Crippen LogP contribution in [-0.4, -0.2) is 92.3 Å². The number of benzene rings is 1. The van der Waals surface area contributed by atoms with E-state index in [4.69, 9.17) is 15.0 Å². The second kappa shape index (κ2) is 11.4. The molecule has 0 bridgehead atoms. The number of imidazole rings is 1. The summed E-state index contributed by atoms with van der Waals surface area (Å²) < 4.78 is 0. The van der Waals surface area contributed by atoms with E-state index in [-0.39, 0.29) is 6.61 Å². The van der Waals surface area contributed by atoms with Crippen LogP contribution in [0.4, 0.5) is 17.8 Å². The lowest BCUT2D eigenvalue weighted by molar-refractivity contribution is 0.188. The minimum Gasteiger partial charge on any atom is -0.395 e. The maximum Gasteiger partial charge on any atom is 0.232 e. The van der Waals surface area contributed by atoms with Crippen LogP contribution >= 0.6 is 0 Å². The van der Waals surface area contributed by atoms with Crippen LogP contribution in [0, 0.1) is 0 Å². The van der Waals surface area contributed by atoms with Crippen molar-refractivity contribution in [3.63, 3.8) is 0 Å². The molecule has 0 amide bonds. The number of hydrogen-bond donors (Lipinski definition) is 4. The summed E-state index contributed by atoms with van der Waals surface area (Å²) >= 11 is 0. The summed E-state index contributed by atoms with van der Waals surface area (Å²) in [6, 6.07) is 8.47. The first-order chi connectivity index (χ1) is 18.8. The Hall–Kier alpha value is -3.70. The van der Waals surface area contributed by atoms with Gasteiger partial charge in [0.05, 0.1) is 30.9 Å². The summed E-state index contributed by atoms with van der Waals surface area (Å²) in [7, 11) is 0. The second-order valence-electron chi connectivity index (χ2n) is 10.1. The molecule has 1 aromatic carbocycles. The molecule has 6 rings (SSSR count). The molecule has 38 heavy (non-hydrogen) atoms. The highest BCUT2D eigenvalue weighted by Gasteiger charge is 2.24. The molecule has 11 nitrogen and oxygen atoms in total. The number of nitrogens with one attached hydrogen (secondary N) is 3. The van der Waals surface area contributed by atoms with Crippen LogP contribution in [0.5, 0.6) is 0 Å².